The molecule has 0 amide bonds. The van der Waals surface area contributed by atoms with Crippen LogP contribution in [0.25, 0.3) is 0 Å². The first kappa shape index (κ1) is 17.4. The molecule has 0 N–H and O–H groups in total. The predicted octanol–water partition coefficient (Wildman–Crippen LogP) is 2.90. The Balaban J connectivity index is 1.57. The van der Waals surface area contributed by atoms with E-state index in [0.717, 1.165) is 25.7 Å². The number of rotatable bonds is 6. The smallest absolute Gasteiger partial charge is 0.311 e. The first-order valence-electron chi connectivity index (χ1n) is 9.19. The second kappa shape index (κ2) is 6.49. The Kier molecular flexibility index (Phi) is 4.71. The van der Waals surface area contributed by atoms with Crippen molar-refractivity contribution in [2.75, 3.05) is 6.61 Å². The van der Waals surface area contributed by atoms with Gasteiger partial charge in [-0.1, -0.05) is 6.92 Å². The van der Waals surface area contributed by atoms with Crippen molar-refractivity contribution in [1.82, 2.24) is 0 Å². The van der Waals surface area contributed by atoms with Crippen LogP contribution in [-0.4, -0.2) is 30.4 Å². The summed E-state index contributed by atoms with van der Waals surface area (Å²) in [7, 11) is 0. The van der Waals surface area contributed by atoms with Crippen LogP contribution in [0.15, 0.2) is 0 Å². The van der Waals surface area contributed by atoms with Gasteiger partial charge in [-0.3, -0.25) is 14.4 Å². The lowest BCUT2D eigenvalue weighted by Gasteiger charge is -2.42. The summed E-state index contributed by atoms with van der Waals surface area (Å²) in [6.45, 7) is 5.40. The number of ether oxygens (including phenoxy) is 2. The minimum Gasteiger partial charge on any atom is -0.462 e. The van der Waals surface area contributed by atoms with Crippen molar-refractivity contribution in [3.8, 4) is 0 Å². The summed E-state index contributed by atoms with van der Waals surface area (Å²) < 4.78 is 10.9. The van der Waals surface area contributed by atoms with Crippen molar-refractivity contribution in [2.24, 2.45) is 29.1 Å². The van der Waals surface area contributed by atoms with Crippen LogP contribution in [0.3, 0.4) is 0 Å². The molecule has 4 aliphatic rings. The highest BCUT2D eigenvalue weighted by Gasteiger charge is 2.50. The first-order chi connectivity index (χ1) is 11.3. The van der Waals surface area contributed by atoms with Gasteiger partial charge < -0.3 is 9.47 Å². The van der Waals surface area contributed by atoms with E-state index in [1.54, 1.807) is 0 Å². The maximum atomic E-state index is 12.3. The van der Waals surface area contributed by atoms with Crippen LogP contribution in [0.4, 0.5) is 0 Å². The lowest BCUT2D eigenvalue weighted by molar-refractivity contribution is -0.158. The molecule has 0 spiro atoms. The molecule has 2 heterocycles. The molecule has 0 aromatic heterocycles. The van der Waals surface area contributed by atoms with Crippen molar-refractivity contribution in [1.29, 1.82) is 0 Å². The zero-order valence-electron chi connectivity index (χ0n) is 14.9. The van der Waals surface area contributed by atoms with E-state index in [4.69, 9.17) is 9.47 Å². The Morgan fingerprint density at radius 3 is 2.67 bits per heavy atom. The van der Waals surface area contributed by atoms with Gasteiger partial charge >= 0.3 is 11.9 Å². The molecule has 4 rings (SSSR count). The van der Waals surface area contributed by atoms with Crippen LogP contribution in [0.1, 0.15) is 59.3 Å². The second-order valence-electron chi connectivity index (χ2n) is 8.46. The molecule has 5 unspecified atom stereocenters. The molecule has 2 saturated heterocycles. The molecular weight excluding hydrogens is 308 g/mol. The topological polar surface area (TPSA) is 69.7 Å². The van der Waals surface area contributed by atoms with E-state index in [0.29, 0.717) is 24.7 Å². The van der Waals surface area contributed by atoms with Gasteiger partial charge in [-0.05, 0) is 57.8 Å². The van der Waals surface area contributed by atoms with Gasteiger partial charge in [0.25, 0.3) is 0 Å². The third kappa shape index (κ3) is 3.35. The Morgan fingerprint density at radius 1 is 1.21 bits per heavy atom. The SMILES string of the molecule is CCC(C)(C)C(=O)OCC(=O)CC1C2CC3CC(C2)C(=O)OC1C3. The van der Waals surface area contributed by atoms with E-state index >= 15 is 0 Å². The van der Waals surface area contributed by atoms with Crippen LogP contribution in [0, 0.1) is 29.1 Å². The van der Waals surface area contributed by atoms with Crippen molar-refractivity contribution >= 4 is 17.7 Å². The normalized spacial score (nSPS) is 34.6. The van der Waals surface area contributed by atoms with Gasteiger partial charge in [-0.15, -0.1) is 0 Å². The molecule has 5 nitrogen and oxygen atoms in total. The summed E-state index contributed by atoms with van der Waals surface area (Å²) in [5, 5.41) is 0. The number of hydrogen-bond donors (Lipinski definition) is 0. The lowest BCUT2D eigenvalue weighted by Crippen LogP contribution is -2.40. The molecule has 5 atom stereocenters. The third-order valence-electron chi connectivity index (χ3n) is 6.35. The van der Waals surface area contributed by atoms with Gasteiger partial charge in [0.15, 0.2) is 5.78 Å². The van der Waals surface area contributed by atoms with Crippen LogP contribution in [-0.2, 0) is 23.9 Å². The molecule has 0 radical (unpaired) electrons. The second-order valence-corrected chi connectivity index (χ2v) is 8.46. The summed E-state index contributed by atoms with van der Waals surface area (Å²) >= 11 is 0. The van der Waals surface area contributed by atoms with Crippen molar-refractivity contribution in [3.63, 3.8) is 0 Å². The summed E-state index contributed by atoms with van der Waals surface area (Å²) in [6, 6.07) is 0. The van der Waals surface area contributed by atoms with Crippen molar-refractivity contribution in [3.05, 3.63) is 0 Å². The molecule has 0 aromatic rings. The van der Waals surface area contributed by atoms with Gasteiger partial charge in [0.1, 0.15) is 12.7 Å². The van der Waals surface area contributed by atoms with Crippen molar-refractivity contribution in [2.45, 2.75) is 65.4 Å². The summed E-state index contributed by atoms with van der Waals surface area (Å²) in [5.41, 5.74) is -0.560. The molecule has 134 valence electrons. The van der Waals surface area contributed by atoms with E-state index in [-0.39, 0.29) is 42.3 Å². The van der Waals surface area contributed by atoms with Crippen LogP contribution in [0.2, 0.25) is 0 Å². The van der Waals surface area contributed by atoms with Crippen LogP contribution < -0.4 is 0 Å². The lowest BCUT2D eigenvalue weighted by atomic mass is 9.62. The number of carbonyl (C=O) groups excluding carboxylic acids is 3. The maximum Gasteiger partial charge on any atom is 0.311 e. The van der Waals surface area contributed by atoms with Gasteiger partial charge in [0, 0.05) is 12.3 Å². The molecule has 2 aliphatic heterocycles. The average Bonchev–Trinajstić information content (AvgIpc) is 2.70. The van der Waals surface area contributed by atoms with Crippen LogP contribution >= 0.6 is 0 Å². The molecule has 2 aliphatic carbocycles. The standard InChI is InChI=1S/C19H28O5/c1-4-19(2,3)18(22)23-10-14(20)9-15-12-5-11-6-13(8-12)17(21)24-16(15)7-11/h11-13,15-16H,4-10H2,1-3H3. The summed E-state index contributed by atoms with van der Waals surface area (Å²) in [6.07, 6.45) is 4.69. The third-order valence-corrected chi connectivity index (χ3v) is 6.35. The maximum absolute atomic E-state index is 12.3. The number of ketones is 1. The van der Waals surface area contributed by atoms with Gasteiger partial charge in [-0.2, -0.15) is 0 Å². The fourth-order valence-electron chi connectivity index (χ4n) is 4.51. The fourth-order valence-corrected chi connectivity index (χ4v) is 4.51. The van der Waals surface area contributed by atoms with Gasteiger partial charge in [0.2, 0.25) is 0 Å². The largest absolute Gasteiger partial charge is 0.462 e. The minimum atomic E-state index is -0.560. The Hall–Kier alpha value is -1.39. The molecule has 0 aromatic carbocycles. The van der Waals surface area contributed by atoms with Crippen LogP contribution in [0.5, 0.6) is 0 Å². The Bertz CT molecular complexity index is 538. The van der Waals surface area contributed by atoms with Crippen molar-refractivity contribution < 1.29 is 23.9 Å². The first-order valence-corrected chi connectivity index (χ1v) is 9.19. The van der Waals surface area contributed by atoms with E-state index in [1.807, 2.05) is 20.8 Å². The molecule has 24 heavy (non-hydrogen) atoms. The molecule has 5 heteroatoms. The monoisotopic (exact) mass is 336 g/mol. The highest BCUT2D eigenvalue weighted by molar-refractivity contribution is 5.84. The highest BCUT2D eigenvalue weighted by Crippen LogP contribution is 2.50. The summed E-state index contributed by atoms with van der Waals surface area (Å²) in [5.74, 6) is 0.627. The van der Waals surface area contributed by atoms with Gasteiger partial charge in [0.05, 0.1) is 11.3 Å². The number of fused-ring (bicyclic) bond motifs is 1. The van der Waals surface area contributed by atoms with Gasteiger partial charge in [-0.25, -0.2) is 0 Å². The predicted molar refractivity (Wildman–Crippen MR) is 87.0 cm³/mol. The summed E-state index contributed by atoms with van der Waals surface area (Å²) in [4.78, 5) is 36.4. The number of esters is 2. The molecule has 4 fully saturated rings. The number of Topliss-reactive ketones (excluding diaryl/α,β-unsaturated/α-hetero) is 1. The Morgan fingerprint density at radius 2 is 1.96 bits per heavy atom. The van der Waals surface area contributed by atoms with E-state index in [1.165, 1.54) is 0 Å². The molecule has 4 bridgehead atoms. The average molecular weight is 336 g/mol. The van der Waals surface area contributed by atoms with E-state index < -0.39 is 5.41 Å². The Labute approximate surface area is 143 Å². The zero-order valence-corrected chi connectivity index (χ0v) is 14.9. The zero-order chi connectivity index (χ0) is 17.5. The number of hydrogen-bond acceptors (Lipinski definition) is 5. The molecule has 2 saturated carbocycles. The van der Waals surface area contributed by atoms with E-state index in [2.05, 4.69) is 0 Å². The molecular formula is C19H28O5. The minimum absolute atomic E-state index is 0.0297. The quantitative estimate of drug-likeness (QED) is 0.698. The highest BCUT2D eigenvalue weighted by atomic mass is 16.5. The number of carbonyl (C=O) groups is 3. The fraction of sp³-hybridized carbons (Fsp3) is 0.842. The van der Waals surface area contributed by atoms with E-state index in [9.17, 15) is 14.4 Å².